The van der Waals surface area contributed by atoms with Gasteiger partial charge in [-0.1, -0.05) is 17.4 Å². The number of anilines is 3. The first-order valence-corrected chi connectivity index (χ1v) is 12.9. The average Bonchev–Trinajstić information content (AvgIpc) is 3.18. The van der Waals surface area contributed by atoms with Gasteiger partial charge in [0.1, 0.15) is 0 Å². The maximum Gasteiger partial charge on any atom is 0.238 e. The number of nitrogens with zero attached hydrogens (tertiary/aromatic N) is 4. The Balaban J connectivity index is 1.38. The molecule has 3 heterocycles. The van der Waals surface area contributed by atoms with Gasteiger partial charge in [-0.3, -0.25) is 0 Å². The van der Waals surface area contributed by atoms with Crippen LogP contribution in [-0.2, 0) is 22.9 Å². The number of primary sulfonamides is 1. The van der Waals surface area contributed by atoms with Gasteiger partial charge in [0.25, 0.3) is 0 Å². The first-order valence-electron chi connectivity index (χ1n) is 10.6. The molecule has 1 aromatic carbocycles. The van der Waals surface area contributed by atoms with Crippen molar-refractivity contribution in [3.63, 3.8) is 0 Å². The van der Waals surface area contributed by atoms with E-state index in [1.807, 2.05) is 6.20 Å². The van der Waals surface area contributed by atoms with E-state index in [2.05, 4.69) is 27.6 Å². The Labute approximate surface area is 191 Å². The highest BCUT2D eigenvalue weighted by atomic mass is 32.2. The van der Waals surface area contributed by atoms with E-state index < -0.39 is 10.0 Å². The van der Waals surface area contributed by atoms with E-state index >= 15 is 0 Å². The maximum absolute atomic E-state index is 11.6. The molecule has 0 bridgehead atoms. The number of thiazole rings is 1. The summed E-state index contributed by atoms with van der Waals surface area (Å²) in [6, 6.07) is 6.76. The van der Waals surface area contributed by atoms with Crippen LogP contribution in [0.3, 0.4) is 0 Å². The molecule has 0 atom stereocenters. The summed E-state index contributed by atoms with van der Waals surface area (Å²) in [5.41, 5.74) is 3.61. The van der Waals surface area contributed by atoms with Crippen LogP contribution in [0.25, 0.3) is 10.6 Å². The highest BCUT2D eigenvalue weighted by molar-refractivity contribution is 7.89. The highest BCUT2D eigenvalue weighted by Gasteiger charge is 2.25. The lowest BCUT2D eigenvalue weighted by Gasteiger charge is -2.29. The molecule has 0 radical (unpaired) electrons. The Morgan fingerprint density at radius 1 is 1.19 bits per heavy atom. The first-order chi connectivity index (χ1) is 15.3. The molecule has 32 heavy (non-hydrogen) atoms. The lowest BCUT2D eigenvalue weighted by molar-refractivity contribution is 0.264. The van der Waals surface area contributed by atoms with E-state index in [0.29, 0.717) is 17.7 Å². The summed E-state index contributed by atoms with van der Waals surface area (Å²) in [6.45, 7) is 2.20. The minimum Gasteiger partial charge on any atom is -0.359 e. The van der Waals surface area contributed by atoms with E-state index in [4.69, 9.17) is 15.1 Å². The average molecular weight is 472 g/mol. The van der Waals surface area contributed by atoms with Crippen molar-refractivity contribution in [3.05, 3.63) is 41.7 Å². The van der Waals surface area contributed by atoms with Gasteiger partial charge in [0.2, 0.25) is 16.0 Å². The molecule has 0 amide bonds. The third-order valence-corrected chi connectivity index (χ3v) is 7.82. The predicted molar refractivity (Wildman–Crippen MR) is 126 cm³/mol. The van der Waals surface area contributed by atoms with Crippen molar-refractivity contribution in [2.24, 2.45) is 5.14 Å². The standard InChI is InChI=1S/C21H25N7O2S2/c1-28-9-7-14(8-10-28)25-21-26-17-6-5-13-12-23-20(27-18(13)19(17)31-21)24-15-3-2-4-16(11-15)32(22,29)30/h2-4,11-12,14H,5-10H2,1H3,(H,25,26)(H2,22,29,30)(H,23,24,27). The van der Waals surface area contributed by atoms with E-state index in [1.165, 1.54) is 12.1 Å². The molecular weight excluding hydrogens is 446 g/mol. The summed E-state index contributed by atoms with van der Waals surface area (Å²) < 4.78 is 23.3. The van der Waals surface area contributed by atoms with Crippen LogP contribution < -0.4 is 15.8 Å². The Hall–Kier alpha value is -2.60. The highest BCUT2D eigenvalue weighted by Crippen LogP contribution is 2.39. The molecule has 5 rings (SSSR count). The van der Waals surface area contributed by atoms with Crippen LogP contribution >= 0.6 is 11.3 Å². The molecule has 1 saturated heterocycles. The zero-order valence-electron chi connectivity index (χ0n) is 17.7. The van der Waals surface area contributed by atoms with Crippen molar-refractivity contribution in [2.75, 3.05) is 30.8 Å². The third kappa shape index (κ3) is 4.46. The summed E-state index contributed by atoms with van der Waals surface area (Å²) in [5.74, 6) is 0.404. The Morgan fingerprint density at radius 3 is 2.78 bits per heavy atom. The van der Waals surface area contributed by atoms with Gasteiger partial charge in [-0.15, -0.1) is 0 Å². The topological polar surface area (TPSA) is 126 Å². The predicted octanol–water partition coefficient (Wildman–Crippen LogP) is 2.60. The number of nitrogens with two attached hydrogens (primary N) is 1. The number of aryl methyl sites for hydroxylation is 2. The van der Waals surface area contributed by atoms with Crippen molar-refractivity contribution in [1.82, 2.24) is 19.9 Å². The molecule has 11 heteroatoms. The number of likely N-dealkylation sites (tertiary alicyclic amines) is 1. The second kappa shape index (κ2) is 8.39. The fourth-order valence-corrected chi connectivity index (χ4v) is 5.75. The summed E-state index contributed by atoms with van der Waals surface area (Å²) in [6.07, 6.45) is 5.79. The van der Waals surface area contributed by atoms with Crippen LogP contribution in [-0.4, -0.2) is 54.4 Å². The molecule has 4 N–H and O–H groups in total. The largest absolute Gasteiger partial charge is 0.359 e. The van der Waals surface area contributed by atoms with Crippen LogP contribution in [0.2, 0.25) is 0 Å². The molecule has 1 fully saturated rings. The van der Waals surface area contributed by atoms with Crippen LogP contribution in [0.15, 0.2) is 35.4 Å². The van der Waals surface area contributed by atoms with E-state index in [1.54, 1.807) is 23.5 Å². The fourth-order valence-electron chi connectivity index (χ4n) is 4.08. The molecular formula is C21H25N7O2S2. The van der Waals surface area contributed by atoms with Gasteiger partial charge in [0.05, 0.1) is 21.2 Å². The number of nitrogens with one attached hydrogen (secondary N) is 2. The summed E-state index contributed by atoms with van der Waals surface area (Å²) in [4.78, 5) is 17.5. The Bertz CT molecular complexity index is 1250. The summed E-state index contributed by atoms with van der Waals surface area (Å²) in [7, 11) is -1.62. The Morgan fingerprint density at radius 2 is 2.00 bits per heavy atom. The second-order valence-corrected chi connectivity index (χ2v) is 10.8. The molecule has 3 aromatic rings. The number of aromatic nitrogens is 3. The number of sulfonamides is 1. The van der Waals surface area contributed by atoms with Crippen molar-refractivity contribution in [3.8, 4) is 10.6 Å². The lowest BCUT2D eigenvalue weighted by atomic mass is 10.00. The van der Waals surface area contributed by atoms with Gasteiger partial charge < -0.3 is 15.5 Å². The number of rotatable bonds is 5. The van der Waals surface area contributed by atoms with Gasteiger partial charge in [-0.2, -0.15) is 0 Å². The normalized spacial score (nSPS) is 16.9. The molecule has 0 spiro atoms. The van der Waals surface area contributed by atoms with Crippen LogP contribution in [0.4, 0.5) is 16.8 Å². The number of benzene rings is 1. The number of piperidine rings is 1. The molecule has 9 nitrogen and oxygen atoms in total. The van der Waals surface area contributed by atoms with Gasteiger partial charge in [-0.05, 0) is 69.6 Å². The van der Waals surface area contributed by atoms with Crippen LogP contribution in [0.1, 0.15) is 24.1 Å². The molecule has 1 aliphatic heterocycles. The van der Waals surface area contributed by atoms with E-state index in [0.717, 1.165) is 65.7 Å². The van der Waals surface area contributed by atoms with Gasteiger partial charge in [0.15, 0.2) is 5.13 Å². The molecule has 2 aromatic heterocycles. The zero-order chi connectivity index (χ0) is 22.3. The van der Waals surface area contributed by atoms with Gasteiger partial charge in [0, 0.05) is 17.9 Å². The van der Waals surface area contributed by atoms with Gasteiger partial charge >= 0.3 is 0 Å². The van der Waals surface area contributed by atoms with E-state index in [9.17, 15) is 8.42 Å². The van der Waals surface area contributed by atoms with Crippen molar-refractivity contribution in [1.29, 1.82) is 0 Å². The minimum absolute atomic E-state index is 0.0369. The van der Waals surface area contributed by atoms with Crippen LogP contribution in [0.5, 0.6) is 0 Å². The number of hydrogen-bond donors (Lipinski definition) is 3. The van der Waals surface area contributed by atoms with Crippen LogP contribution in [0, 0.1) is 0 Å². The fraction of sp³-hybridized carbons (Fsp3) is 0.381. The molecule has 2 aliphatic rings. The van der Waals surface area contributed by atoms with Crippen molar-refractivity contribution in [2.45, 2.75) is 36.6 Å². The molecule has 0 saturated carbocycles. The number of hydrogen-bond acceptors (Lipinski definition) is 9. The summed E-state index contributed by atoms with van der Waals surface area (Å²) in [5, 5.41) is 12.9. The Kier molecular flexibility index (Phi) is 5.58. The SMILES string of the molecule is CN1CCC(Nc2nc3c(s2)-c2nc(Nc4cccc(S(N)(=O)=O)c4)ncc2CC3)CC1. The monoisotopic (exact) mass is 471 g/mol. The maximum atomic E-state index is 11.6. The zero-order valence-corrected chi connectivity index (χ0v) is 19.3. The smallest absolute Gasteiger partial charge is 0.238 e. The van der Waals surface area contributed by atoms with Crippen molar-refractivity contribution >= 4 is 38.1 Å². The minimum atomic E-state index is -3.78. The van der Waals surface area contributed by atoms with Crippen molar-refractivity contribution < 1.29 is 8.42 Å². The molecule has 1 aliphatic carbocycles. The van der Waals surface area contributed by atoms with Gasteiger partial charge in [-0.25, -0.2) is 28.5 Å². The quantitative estimate of drug-likeness (QED) is 0.518. The lowest BCUT2D eigenvalue weighted by Crippen LogP contribution is -2.36. The summed E-state index contributed by atoms with van der Waals surface area (Å²) >= 11 is 1.64. The van der Waals surface area contributed by atoms with E-state index in [-0.39, 0.29) is 4.90 Å². The molecule has 168 valence electrons. The third-order valence-electron chi connectivity index (χ3n) is 5.87. The molecule has 0 unspecified atom stereocenters. The first kappa shape index (κ1) is 21.3. The number of fused-ring (bicyclic) bond motifs is 3. The second-order valence-electron chi connectivity index (χ2n) is 8.28.